The van der Waals surface area contributed by atoms with Crippen LogP contribution in [0.5, 0.6) is 0 Å². The first-order valence-electron chi connectivity index (χ1n) is 6.01. The summed E-state index contributed by atoms with van der Waals surface area (Å²) >= 11 is 0. The Morgan fingerprint density at radius 1 is 1.39 bits per heavy atom. The predicted molar refractivity (Wildman–Crippen MR) is 61.3 cm³/mol. The van der Waals surface area contributed by atoms with Crippen LogP contribution in [0.2, 0.25) is 0 Å². The second kappa shape index (κ2) is 4.46. The van der Waals surface area contributed by atoms with Gasteiger partial charge in [-0.25, -0.2) is 8.78 Å². The molecule has 1 saturated carbocycles. The van der Waals surface area contributed by atoms with E-state index in [1.54, 1.807) is 18.2 Å². The van der Waals surface area contributed by atoms with E-state index in [9.17, 15) is 18.7 Å². The number of aliphatic hydroxyl groups is 1. The van der Waals surface area contributed by atoms with Crippen molar-refractivity contribution < 1.29 is 23.8 Å². The molecule has 2 aliphatic rings. The smallest absolute Gasteiger partial charge is 0.304 e. The summed E-state index contributed by atoms with van der Waals surface area (Å²) in [6.07, 6.45) is 5.65. The Labute approximate surface area is 104 Å². The molecule has 0 aromatic rings. The number of carbonyl (C=O) groups is 1. The van der Waals surface area contributed by atoms with Crippen molar-refractivity contribution in [3.8, 4) is 0 Å². The van der Waals surface area contributed by atoms with E-state index in [0.717, 1.165) is 0 Å². The molecule has 2 rings (SSSR count). The first kappa shape index (κ1) is 13.2. The summed E-state index contributed by atoms with van der Waals surface area (Å²) in [5.74, 6) is -5.01. The van der Waals surface area contributed by atoms with Crippen molar-refractivity contribution in [1.29, 1.82) is 0 Å². The van der Waals surface area contributed by atoms with Crippen LogP contribution in [-0.4, -0.2) is 27.7 Å². The Morgan fingerprint density at radius 3 is 2.67 bits per heavy atom. The molecule has 0 saturated heterocycles. The van der Waals surface area contributed by atoms with Crippen molar-refractivity contribution in [2.45, 2.75) is 37.2 Å². The van der Waals surface area contributed by atoms with Gasteiger partial charge in [0, 0.05) is 18.8 Å². The Hall–Kier alpha value is -1.23. The van der Waals surface area contributed by atoms with Crippen molar-refractivity contribution in [3.63, 3.8) is 0 Å². The fourth-order valence-electron chi connectivity index (χ4n) is 2.89. The first-order chi connectivity index (χ1) is 8.33. The lowest BCUT2D eigenvalue weighted by Gasteiger charge is -2.38. The van der Waals surface area contributed by atoms with Gasteiger partial charge in [-0.1, -0.05) is 24.3 Å². The van der Waals surface area contributed by atoms with E-state index in [2.05, 4.69) is 0 Å². The number of aliphatic carboxylic acids is 1. The minimum atomic E-state index is -2.75. The lowest BCUT2D eigenvalue weighted by molar-refractivity contribution is -0.140. The fraction of sp³-hybridized carbons (Fsp3) is 0.615. The van der Waals surface area contributed by atoms with Crippen LogP contribution >= 0.6 is 0 Å². The summed E-state index contributed by atoms with van der Waals surface area (Å²) in [5, 5.41) is 19.4. The molecular weight excluding hydrogens is 242 g/mol. The summed E-state index contributed by atoms with van der Waals surface area (Å²) in [4.78, 5) is 10.8. The van der Waals surface area contributed by atoms with Gasteiger partial charge in [-0.2, -0.15) is 0 Å². The topological polar surface area (TPSA) is 57.5 Å². The van der Waals surface area contributed by atoms with Crippen LogP contribution in [0.25, 0.3) is 0 Å². The van der Waals surface area contributed by atoms with Gasteiger partial charge in [0.2, 0.25) is 5.92 Å². The summed E-state index contributed by atoms with van der Waals surface area (Å²) in [5.41, 5.74) is -1.47. The summed E-state index contributed by atoms with van der Waals surface area (Å²) in [6, 6.07) is 0. The average molecular weight is 258 g/mol. The quantitative estimate of drug-likeness (QED) is 0.817. The summed E-state index contributed by atoms with van der Waals surface area (Å²) in [7, 11) is 0. The predicted octanol–water partition coefficient (Wildman–Crippen LogP) is 2.37. The molecule has 0 amide bonds. The zero-order valence-corrected chi connectivity index (χ0v) is 9.85. The molecule has 18 heavy (non-hydrogen) atoms. The van der Waals surface area contributed by atoms with Gasteiger partial charge in [0.15, 0.2) is 0 Å². The zero-order chi connectivity index (χ0) is 13.4. The van der Waals surface area contributed by atoms with E-state index in [1.807, 2.05) is 0 Å². The number of allylic oxidation sites excluding steroid dienone is 2. The van der Waals surface area contributed by atoms with Crippen molar-refractivity contribution in [2.24, 2.45) is 11.8 Å². The van der Waals surface area contributed by atoms with Gasteiger partial charge in [0.05, 0.1) is 12.0 Å². The van der Waals surface area contributed by atoms with Crippen molar-refractivity contribution >= 4 is 5.97 Å². The lowest BCUT2D eigenvalue weighted by atomic mass is 9.72. The van der Waals surface area contributed by atoms with Crippen LogP contribution in [0.15, 0.2) is 24.3 Å². The number of hydrogen-bond donors (Lipinski definition) is 2. The number of carboxylic acid groups (broad SMARTS) is 1. The monoisotopic (exact) mass is 258 g/mol. The highest BCUT2D eigenvalue weighted by Gasteiger charge is 2.51. The third kappa shape index (κ3) is 2.46. The second-order valence-electron chi connectivity index (χ2n) is 5.13. The van der Waals surface area contributed by atoms with E-state index in [4.69, 9.17) is 5.11 Å². The van der Waals surface area contributed by atoms with Crippen LogP contribution in [0.4, 0.5) is 8.78 Å². The first-order valence-corrected chi connectivity index (χ1v) is 6.01. The Morgan fingerprint density at radius 2 is 2.11 bits per heavy atom. The largest absolute Gasteiger partial charge is 0.481 e. The Kier molecular flexibility index (Phi) is 3.27. The molecular formula is C13H16F2O3. The summed E-state index contributed by atoms with van der Waals surface area (Å²) < 4.78 is 26.5. The van der Waals surface area contributed by atoms with E-state index in [-0.39, 0.29) is 25.7 Å². The molecule has 2 aliphatic carbocycles. The third-order valence-corrected chi connectivity index (χ3v) is 3.86. The fourth-order valence-corrected chi connectivity index (χ4v) is 2.89. The van der Waals surface area contributed by atoms with Gasteiger partial charge < -0.3 is 10.2 Å². The second-order valence-corrected chi connectivity index (χ2v) is 5.13. The minimum absolute atomic E-state index is 0.220. The molecule has 0 aromatic heterocycles. The maximum atomic E-state index is 13.2. The molecule has 100 valence electrons. The maximum Gasteiger partial charge on any atom is 0.304 e. The van der Waals surface area contributed by atoms with Crippen molar-refractivity contribution in [1.82, 2.24) is 0 Å². The highest BCUT2D eigenvalue weighted by molar-refractivity contribution is 5.67. The van der Waals surface area contributed by atoms with Gasteiger partial charge in [0.25, 0.3) is 0 Å². The van der Waals surface area contributed by atoms with Gasteiger partial charge >= 0.3 is 5.97 Å². The number of hydrogen-bond acceptors (Lipinski definition) is 2. The zero-order valence-electron chi connectivity index (χ0n) is 9.85. The molecule has 0 aromatic carbocycles. The molecule has 3 atom stereocenters. The van der Waals surface area contributed by atoms with E-state index in [1.165, 1.54) is 6.08 Å². The van der Waals surface area contributed by atoms with Crippen molar-refractivity contribution in [2.75, 3.05) is 0 Å². The SMILES string of the molecule is O=C(O)CC1C=CC=C[C@]1(O)[C@@H]1CCC(F)(F)C1. The molecule has 3 nitrogen and oxygen atoms in total. The van der Waals surface area contributed by atoms with E-state index in [0.29, 0.717) is 0 Å². The molecule has 1 fully saturated rings. The summed E-state index contributed by atoms with van der Waals surface area (Å²) in [6.45, 7) is 0. The van der Waals surface area contributed by atoms with Crippen LogP contribution in [-0.2, 0) is 4.79 Å². The van der Waals surface area contributed by atoms with Crippen LogP contribution < -0.4 is 0 Å². The van der Waals surface area contributed by atoms with Crippen LogP contribution in [0.3, 0.4) is 0 Å². The van der Waals surface area contributed by atoms with Gasteiger partial charge in [-0.3, -0.25) is 4.79 Å². The van der Waals surface area contributed by atoms with Crippen LogP contribution in [0, 0.1) is 11.8 Å². The normalized spacial score (nSPS) is 37.9. The standard InChI is InChI=1S/C13H16F2O3/c14-12(15)6-4-10(8-12)13(18)5-2-1-3-9(13)7-11(16)17/h1-3,5,9-10,18H,4,6-8H2,(H,16,17)/t9?,10-,13-/m1/s1. The van der Waals surface area contributed by atoms with E-state index >= 15 is 0 Å². The number of carboxylic acids is 1. The van der Waals surface area contributed by atoms with Crippen molar-refractivity contribution in [3.05, 3.63) is 24.3 Å². The third-order valence-electron chi connectivity index (χ3n) is 3.86. The molecule has 5 heteroatoms. The lowest BCUT2D eigenvalue weighted by Crippen LogP contribution is -2.44. The number of halogens is 2. The molecule has 0 spiro atoms. The van der Waals surface area contributed by atoms with Gasteiger partial charge in [-0.05, 0) is 12.3 Å². The minimum Gasteiger partial charge on any atom is -0.481 e. The average Bonchev–Trinajstić information content (AvgIpc) is 2.62. The molecule has 0 bridgehead atoms. The number of rotatable bonds is 3. The molecule has 1 unspecified atom stereocenters. The van der Waals surface area contributed by atoms with Crippen LogP contribution in [0.1, 0.15) is 25.7 Å². The molecule has 0 heterocycles. The molecule has 0 aliphatic heterocycles. The molecule has 0 radical (unpaired) electrons. The van der Waals surface area contributed by atoms with E-state index < -0.39 is 29.3 Å². The molecule has 2 N–H and O–H groups in total. The van der Waals surface area contributed by atoms with Gasteiger partial charge in [0.1, 0.15) is 0 Å². The maximum absolute atomic E-state index is 13.2. The van der Waals surface area contributed by atoms with Gasteiger partial charge in [-0.15, -0.1) is 0 Å². The highest BCUT2D eigenvalue weighted by Crippen LogP contribution is 2.48. The number of alkyl halides is 2. The highest BCUT2D eigenvalue weighted by atomic mass is 19.3. The Balaban J connectivity index is 2.19. The Bertz CT molecular complexity index is 403.